The van der Waals surface area contributed by atoms with E-state index in [4.69, 9.17) is 4.74 Å². The van der Waals surface area contributed by atoms with Crippen molar-refractivity contribution in [2.45, 2.75) is 13.5 Å². The lowest BCUT2D eigenvalue weighted by atomic mass is 10.1. The second-order valence-electron chi connectivity index (χ2n) is 4.35. The van der Waals surface area contributed by atoms with E-state index in [1.165, 1.54) is 0 Å². The zero-order valence-electron chi connectivity index (χ0n) is 11.1. The fraction of sp³-hybridized carbons (Fsp3) is 0.188. The molecule has 19 heavy (non-hydrogen) atoms. The average Bonchev–Trinajstić information content (AvgIpc) is 2.46. The Labute approximate surface area is 113 Å². The Morgan fingerprint density at radius 2 is 1.79 bits per heavy atom. The van der Waals surface area contributed by atoms with Gasteiger partial charge in [-0.15, -0.1) is 0 Å². The minimum absolute atomic E-state index is 0.0473. The molecule has 0 aliphatic rings. The second-order valence-corrected chi connectivity index (χ2v) is 4.35. The standard InChI is InChI=1S/C16H17NO2/c1-12-5-3-4-6-15(12)16(18)17-11-13-7-9-14(19-2)10-8-13/h3-10H,11H2,1-2H3,(H,17,18). The van der Waals surface area contributed by atoms with E-state index in [1.807, 2.05) is 55.5 Å². The van der Waals surface area contributed by atoms with Gasteiger partial charge in [-0.3, -0.25) is 4.79 Å². The van der Waals surface area contributed by atoms with Gasteiger partial charge in [-0.25, -0.2) is 0 Å². The quantitative estimate of drug-likeness (QED) is 0.912. The summed E-state index contributed by atoms with van der Waals surface area (Å²) < 4.78 is 5.09. The molecule has 0 spiro atoms. The lowest BCUT2D eigenvalue weighted by molar-refractivity contribution is 0.0950. The highest BCUT2D eigenvalue weighted by molar-refractivity contribution is 5.95. The highest BCUT2D eigenvalue weighted by atomic mass is 16.5. The Kier molecular flexibility index (Phi) is 4.18. The van der Waals surface area contributed by atoms with Crippen molar-refractivity contribution < 1.29 is 9.53 Å². The zero-order chi connectivity index (χ0) is 13.7. The summed E-state index contributed by atoms with van der Waals surface area (Å²) in [5.41, 5.74) is 2.74. The molecule has 2 aromatic carbocycles. The van der Waals surface area contributed by atoms with Crippen LogP contribution in [0.15, 0.2) is 48.5 Å². The zero-order valence-corrected chi connectivity index (χ0v) is 11.1. The lowest BCUT2D eigenvalue weighted by Gasteiger charge is -2.08. The number of hydrogen-bond acceptors (Lipinski definition) is 2. The van der Waals surface area contributed by atoms with Crippen LogP contribution in [-0.2, 0) is 6.54 Å². The largest absolute Gasteiger partial charge is 0.497 e. The second kappa shape index (κ2) is 6.05. The lowest BCUT2D eigenvalue weighted by Crippen LogP contribution is -2.23. The molecule has 0 heterocycles. The molecule has 0 radical (unpaired) electrons. The van der Waals surface area contributed by atoms with Crippen LogP contribution in [0.1, 0.15) is 21.5 Å². The van der Waals surface area contributed by atoms with Crippen molar-refractivity contribution in [1.29, 1.82) is 0 Å². The number of ether oxygens (including phenoxy) is 1. The molecule has 3 heteroatoms. The van der Waals surface area contributed by atoms with Gasteiger partial charge in [-0.1, -0.05) is 30.3 Å². The van der Waals surface area contributed by atoms with E-state index in [9.17, 15) is 4.79 Å². The van der Waals surface area contributed by atoms with Gasteiger partial charge in [-0.2, -0.15) is 0 Å². The number of benzene rings is 2. The number of nitrogens with one attached hydrogen (secondary N) is 1. The summed E-state index contributed by atoms with van der Waals surface area (Å²) in [5.74, 6) is 0.767. The van der Waals surface area contributed by atoms with E-state index in [0.717, 1.165) is 22.4 Å². The SMILES string of the molecule is COc1ccc(CNC(=O)c2ccccc2C)cc1. The number of methoxy groups -OCH3 is 1. The van der Waals surface area contributed by atoms with E-state index in [0.29, 0.717) is 6.54 Å². The predicted molar refractivity (Wildman–Crippen MR) is 75.3 cm³/mol. The first kappa shape index (κ1) is 13.1. The Hall–Kier alpha value is -2.29. The molecule has 0 aliphatic heterocycles. The monoisotopic (exact) mass is 255 g/mol. The minimum atomic E-state index is -0.0473. The third kappa shape index (κ3) is 3.35. The average molecular weight is 255 g/mol. The molecular formula is C16H17NO2. The summed E-state index contributed by atoms with van der Waals surface area (Å²) >= 11 is 0. The molecule has 0 atom stereocenters. The maximum atomic E-state index is 12.0. The van der Waals surface area contributed by atoms with E-state index in [-0.39, 0.29) is 5.91 Å². The molecule has 0 aliphatic carbocycles. The molecule has 2 rings (SSSR count). The molecule has 0 unspecified atom stereocenters. The van der Waals surface area contributed by atoms with Crippen LogP contribution < -0.4 is 10.1 Å². The highest BCUT2D eigenvalue weighted by Crippen LogP contribution is 2.11. The Morgan fingerprint density at radius 1 is 1.11 bits per heavy atom. The van der Waals surface area contributed by atoms with Crippen molar-refractivity contribution in [1.82, 2.24) is 5.32 Å². The van der Waals surface area contributed by atoms with Gasteiger partial charge in [0.1, 0.15) is 5.75 Å². The van der Waals surface area contributed by atoms with Crippen LogP contribution in [0.25, 0.3) is 0 Å². The Morgan fingerprint density at radius 3 is 2.42 bits per heavy atom. The van der Waals surface area contributed by atoms with Crippen LogP contribution in [0.4, 0.5) is 0 Å². The third-order valence-electron chi connectivity index (χ3n) is 3.00. The Bertz CT molecular complexity index is 561. The van der Waals surface area contributed by atoms with Crippen LogP contribution in [0.3, 0.4) is 0 Å². The van der Waals surface area contributed by atoms with Gasteiger partial charge in [-0.05, 0) is 36.2 Å². The van der Waals surface area contributed by atoms with Gasteiger partial charge >= 0.3 is 0 Å². The molecule has 2 aromatic rings. The van der Waals surface area contributed by atoms with Crippen LogP contribution >= 0.6 is 0 Å². The smallest absolute Gasteiger partial charge is 0.251 e. The first-order chi connectivity index (χ1) is 9.20. The highest BCUT2D eigenvalue weighted by Gasteiger charge is 2.07. The van der Waals surface area contributed by atoms with Crippen molar-refractivity contribution in [3.63, 3.8) is 0 Å². The summed E-state index contributed by atoms with van der Waals surface area (Å²) in [4.78, 5) is 12.0. The molecule has 0 saturated carbocycles. The minimum Gasteiger partial charge on any atom is -0.497 e. The molecular weight excluding hydrogens is 238 g/mol. The van der Waals surface area contributed by atoms with Crippen molar-refractivity contribution in [2.75, 3.05) is 7.11 Å². The molecule has 98 valence electrons. The molecule has 0 saturated heterocycles. The number of carbonyl (C=O) groups excluding carboxylic acids is 1. The van der Waals surface area contributed by atoms with Crippen molar-refractivity contribution >= 4 is 5.91 Å². The first-order valence-electron chi connectivity index (χ1n) is 6.17. The maximum absolute atomic E-state index is 12.0. The number of carbonyl (C=O) groups is 1. The summed E-state index contributed by atoms with van der Waals surface area (Å²) in [5, 5.41) is 2.91. The number of amides is 1. The molecule has 3 nitrogen and oxygen atoms in total. The molecule has 1 N–H and O–H groups in total. The van der Waals surface area contributed by atoms with Crippen LogP contribution in [-0.4, -0.2) is 13.0 Å². The molecule has 0 fully saturated rings. The topological polar surface area (TPSA) is 38.3 Å². The summed E-state index contributed by atoms with van der Waals surface area (Å²) in [7, 11) is 1.63. The fourth-order valence-corrected chi connectivity index (χ4v) is 1.85. The van der Waals surface area contributed by atoms with E-state index < -0.39 is 0 Å². The summed E-state index contributed by atoms with van der Waals surface area (Å²) in [6, 6.07) is 15.2. The molecule has 1 amide bonds. The van der Waals surface area contributed by atoms with E-state index in [1.54, 1.807) is 7.11 Å². The normalized spacial score (nSPS) is 10.0. The number of rotatable bonds is 4. The fourth-order valence-electron chi connectivity index (χ4n) is 1.85. The van der Waals surface area contributed by atoms with E-state index in [2.05, 4.69) is 5.32 Å². The van der Waals surface area contributed by atoms with Gasteiger partial charge in [0.2, 0.25) is 0 Å². The number of hydrogen-bond donors (Lipinski definition) is 1. The summed E-state index contributed by atoms with van der Waals surface area (Å²) in [6.07, 6.45) is 0. The van der Waals surface area contributed by atoms with Crippen molar-refractivity contribution in [3.05, 3.63) is 65.2 Å². The van der Waals surface area contributed by atoms with Crippen LogP contribution in [0.2, 0.25) is 0 Å². The van der Waals surface area contributed by atoms with Gasteiger partial charge in [0.25, 0.3) is 5.91 Å². The van der Waals surface area contributed by atoms with Gasteiger partial charge in [0.15, 0.2) is 0 Å². The third-order valence-corrected chi connectivity index (χ3v) is 3.00. The van der Waals surface area contributed by atoms with Gasteiger partial charge in [0.05, 0.1) is 7.11 Å². The van der Waals surface area contributed by atoms with Crippen LogP contribution in [0.5, 0.6) is 5.75 Å². The Balaban J connectivity index is 1.98. The predicted octanol–water partition coefficient (Wildman–Crippen LogP) is 2.93. The van der Waals surface area contributed by atoms with Crippen LogP contribution in [0, 0.1) is 6.92 Å². The van der Waals surface area contributed by atoms with E-state index >= 15 is 0 Å². The maximum Gasteiger partial charge on any atom is 0.251 e. The molecule has 0 bridgehead atoms. The summed E-state index contributed by atoms with van der Waals surface area (Å²) in [6.45, 7) is 2.44. The molecule has 0 aromatic heterocycles. The van der Waals surface area contributed by atoms with Gasteiger partial charge < -0.3 is 10.1 Å². The van der Waals surface area contributed by atoms with Gasteiger partial charge in [0, 0.05) is 12.1 Å². The number of aryl methyl sites for hydroxylation is 1. The van der Waals surface area contributed by atoms with Crippen molar-refractivity contribution in [2.24, 2.45) is 0 Å². The first-order valence-corrected chi connectivity index (χ1v) is 6.17. The van der Waals surface area contributed by atoms with Crippen molar-refractivity contribution in [3.8, 4) is 5.75 Å².